The lowest BCUT2D eigenvalue weighted by Crippen LogP contribution is -2.36. The van der Waals surface area contributed by atoms with Gasteiger partial charge in [0.2, 0.25) is 0 Å². The van der Waals surface area contributed by atoms with E-state index in [1.807, 2.05) is 18.2 Å². The minimum atomic E-state index is -0.694. The van der Waals surface area contributed by atoms with Crippen LogP contribution in [0.3, 0.4) is 0 Å². The number of Topliss-reactive ketones (excluding diaryl/α,β-unsaturated/α-hetero) is 1. The van der Waals surface area contributed by atoms with Gasteiger partial charge in [-0.2, -0.15) is 0 Å². The molecule has 1 aromatic carbocycles. The summed E-state index contributed by atoms with van der Waals surface area (Å²) in [6.45, 7) is 4.09. The number of rotatable bonds is 21. The third-order valence-corrected chi connectivity index (χ3v) is 8.87. The molecule has 5 nitrogen and oxygen atoms in total. The van der Waals surface area contributed by atoms with Crippen LogP contribution in [0.5, 0.6) is 11.5 Å². The Hall–Kier alpha value is -1.59. The van der Waals surface area contributed by atoms with Gasteiger partial charge >= 0.3 is 0 Å². The highest BCUT2D eigenvalue weighted by Crippen LogP contribution is 2.36. The van der Waals surface area contributed by atoms with Crippen LogP contribution in [-0.4, -0.2) is 48.6 Å². The van der Waals surface area contributed by atoms with Crippen molar-refractivity contribution >= 4 is 5.78 Å². The summed E-state index contributed by atoms with van der Waals surface area (Å²) >= 11 is 0. The van der Waals surface area contributed by atoms with Crippen LogP contribution in [0.4, 0.5) is 0 Å². The van der Waals surface area contributed by atoms with E-state index in [2.05, 4.69) is 18.9 Å². The van der Waals surface area contributed by atoms with Crippen molar-refractivity contribution in [3.8, 4) is 11.5 Å². The molecule has 222 valence electrons. The second kappa shape index (κ2) is 18.7. The summed E-state index contributed by atoms with van der Waals surface area (Å²) in [5.74, 6) is 1.60. The van der Waals surface area contributed by atoms with E-state index in [0.29, 0.717) is 43.6 Å². The summed E-state index contributed by atoms with van der Waals surface area (Å²) in [5, 5.41) is 11.4. The van der Waals surface area contributed by atoms with Crippen LogP contribution >= 0.6 is 0 Å². The summed E-state index contributed by atoms with van der Waals surface area (Å²) in [5.41, 5.74) is 0.817. The molecule has 1 heterocycles. The molecule has 1 aliphatic carbocycles. The van der Waals surface area contributed by atoms with Crippen LogP contribution in [0, 0.1) is 5.92 Å². The van der Waals surface area contributed by atoms with Gasteiger partial charge in [0.15, 0.2) is 11.5 Å². The Morgan fingerprint density at radius 1 is 0.872 bits per heavy atom. The highest BCUT2D eigenvalue weighted by atomic mass is 16.6. The minimum absolute atomic E-state index is 0.118. The third-order valence-electron chi connectivity index (χ3n) is 8.87. The summed E-state index contributed by atoms with van der Waals surface area (Å²) in [4.78, 5) is 15.4. The number of hydrogen-bond acceptors (Lipinski definition) is 5. The second-order valence-electron chi connectivity index (χ2n) is 12.2. The van der Waals surface area contributed by atoms with Gasteiger partial charge in [0, 0.05) is 31.3 Å². The summed E-state index contributed by atoms with van der Waals surface area (Å²) in [6.07, 6.45) is 22.4. The normalized spacial score (nSPS) is 17.0. The molecule has 2 atom stereocenters. The SMILES string of the molecule is CCCCCCCCCCCCCCCC(=O)C[C@H](CN(C)C1CCCC1)C(O)c1ccc2c(c1)OCCO2. The van der Waals surface area contributed by atoms with Crippen molar-refractivity contribution < 1.29 is 19.4 Å². The van der Waals surface area contributed by atoms with Crippen LogP contribution in [0.25, 0.3) is 0 Å². The van der Waals surface area contributed by atoms with Gasteiger partial charge in [-0.1, -0.05) is 103 Å². The van der Waals surface area contributed by atoms with Crippen LogP contribution in [-0.2, 0) is 4.79 Å². The van der Waals surface area contributed by atoms with Crippen LogP contribution in [0.1, 0.15) is 141 Å². The van der Waals surface area contributed by atoms with E-state index in [4.69, 9.17) is 9.47 Å². The third kappa shape index (κ3) is 11.8. The van der Waals surface area contributed by atoms with Crippen molar-refractivity contribution in [3.05, 3.63) is 23.8 Å². The van der Waals surface area contributed by atoms with E-state index in [1.165, 1.54) is 96.3 Å². The summed E-state index contributed by atoms with van der Waals surface area (Å²) in [6, 6.07) is 6.28. The number of aliphatic hydroxyl groups is 1. The Morgan fingerprint density at radius 2 is 1.44 bits per heavy atom. The summed E-state index contributed by atoms with van der Waals surface area (Å²) in [7, 11) is 2.16. The Balaban J connectivity index is 1.38. The number of carbonyl (C=O) groups is 1. The fourth-order valence-corrected chi connectivity index (χ4v) is 6.39. The highest BCUT2D eigenvalue weighted by Gasteiger charge is 2.29. The maximum Gasteiger partial charge on any atom is 0.161 e. The Bertz CT molecular complexity index is 806. The first-order chi connectivity index (χ1) is 19.1. The number of hydrogen-bond donors (Lipinski definition) is 1. The number of nitrogens with zero attached hydrogens (tertiary/aromatic N) is 1. The Kier molecular flexibility index (Phi) is 15.3. The fraction of sp³-hybridized carbons (Fsp3) is 0.794. The molecule has 1 aliphatic heterocycles. The van der Waals surface area contributed by atoms with Crippen molar-refractivity contribution in [3.63, 3.8) is 0 Å². The lowest BCUT2D eigenvalue weighted by atomic mass is 9.89. The monoisotopic (exact) mass is 543 g/mol. The number of benzene rings is 1. The zero-order valence-electron chi connectivity index (χ0n) is 25.1. The molecule has 1 fully saturated rings. The average molecular weight is 544 g/mol. The predicted molar refractivity (Wildman–Crippen MR) is 161 cm³/mol. The van der Waals surface area contributed by atoms with Crippen molar-refractivity contribution in [1.82, 2.24) is 4.90 Å². The molecule has 0 radical (unpaired) electrons. The molecule has 1 aromatic rings. The molecular weight excluding hydrogens is 486 g/mol. The predicted octanol–water partition coefficient (Wildman–Crippen LogP) is 8.42. The van der Waals surface area contributed by atoms with Crippen molar-refractivity contribution in [2.45, 2.75) is 141 Å². The Morgan fingerprint density at radius 3 is 2.05 bits per heavy atom. The molecule has 0 amide bonds. The smallest absolute Gasteiger partial charge is 0.161 e. The topological polar surface area (TPSA) is 59.0 Å². The van der Waals surface area contributed by atoms with Gasteiger partial charge in [0.1, 0.15) is 19.0 Å². The highest BCUT2D eigenvalue weighted by molar-refractivity contribution is 5.78. The van der Waals surface area contributed by atoms with Crippen LogP contribution < -0.4 is 9.47 Å². The first-order valence-electron chi connectivity index (χ1n) is 16.4. The van der Waals surface area contributed by atoms with Crippen LogP contribution in [0.15, 0.2) is 18.2 Å². The number of fused-ring (bicyclic) bond motifs is 1. The molecule has 0 bridgehead atoms. The molecule has 0 aromatic heterocycles. The maximum atomic E-state index is 13.1. The number of carbonyl (C=O) groups excluding carboxylic acids is 1. The van der Waals surface area contributed by atoms with E-state index >= 15 is 0 Å². The second-order valence-corrected chi connectivity index (χ2v) is 12.2. The minimum Gasteiger partial charge on any atom is -0.486 e. The molecule has 1 unspecified atom stereocenters. The molecule has 3 rings (SSSR count). The largest absolute Gasteiger partial charge is 0.486 e. The van der Waals surface area contributed by atoms with Gasteiger partial charge in [0.05, 0.1) is 6.10 Å². The van der Waals surface area contributed by atoms with E-state index in [-0.39, 0.29) is 5.92 Å². The molecule has 2 aliphatic rings. The molecule has 1 saturated carbocycles. The van der Waals surface area contributed by atoms with Gasteiger partial charge in [0.25, 0.3) is 0 Å². The maximum absolute atomic E-state index is 13.1. The lowest BCUT2D eigenvalue weighted by Gasteiger charge is -2.31. The Labute approximate surface area is 239 Å². The first-order valence-corrected chi connectivity index (χ1v) is 16.4. The quantitative estimate of drug-likeness (QED) is 0.158. The number of unbranched alkanes of at least 4 members (excludes halogenated alkanes) is 12. The molecule has 39 heavy (non-hydrogen) atoms. The van der Waals surface area contributed by atoms with Crippen molar-refractivity contribution in [2.75, 3.05) is 26.8 Å². The standard InChI is InChI=1S/C34H57NO4/c1-3-4-5-6-7-8-9-10-11-12-13-14-15-20-31(36)25-29(27-35(2)30-18-16-17-19-30)34(37)28-21-22-32-33(26-28)39-24-23-38-32/h21-22,26,29-30,34,37H,3-20,23-25,27H2,1-2H3/t29-,34?/m1/s1. The molecule has 0 spiro atoms. The van der Waals surface area contributed by atoms with Crippen LogP contribution in [0.2, 0.25) is 0 Å². The van der Waals surface area contributed by atoms with Gasteiger partial charge in [-0.05, 0) is 44.0 Å². The van der Waals surface area contributed by atoms with Crippen molar-refractivity contribution in [2.24, 2.45) is 5.92 Å². The molecule has 0 saturated heterocycles. The zero-order valence-corrected chi connectivity index (χ0v) is 25.1. The number of ketones is 1. The number of aliphatic hydroxyl groups excluding tert-OH is 1. The van der Waals surface area contributed by atoms with E-state index in [9.17, 15) is 9.90 Å². The van der Waals surface area contributed by atoms with E-state index in [1.54, 1.807) is 0 Å². The summed E-state index contributed by atoms with van der Waals surface area (Å²) < 4.78 is 11.4. The molecule has 1 N–H and O–H groups in total. The van der Waals surface area contributed by atoms with Gasteiger partial charge in [-0.25, -0.2) is 0 Å². The van der Waals surface area contributed by atoms with Crippen molar-refractivity contribution in [1.29, 1.82) is 0 Å². The van der Waals surface area contributed by atoms with E-state index in [0.717, 1.165) is 30.7 Å². The van der Waals surface area contributed by atoms with Gasteiger partial charge in [-0.3, -0.25) is 4.79 Å². The van der Waals surface area contributed by atoms with E-state index < -0.39 is 6.10 Å². The lowest BCUT2D eigenvalue weighted by molar-refractivity contribution is -0.121. The number of ether oxygens (including phenoxy) is 2. The molecular formula is C34H57NO4. The average Bonchev–Trinajstić information content (AvgIpc) is 3.50. The first kappa shape index (κ1) is 31.9. The zero-order chi connectivity index (χ0) is 27.7. The van der Waals surface area contributed by atoms with Gasteiger partial charge in [-0.15, -0.1) is 0 Å². The fourth-order valence-electron chi connectivity index (χ4n) is 6.39. The van der Waals surface area contributed by atoms with Gasteiger partial charge < -0.3 is 19.5 Å². The molecule has 5 heteroatoms.